The number of amides is 2. The summed E-state index contributed by atoms with van der Waals surface area (Å²) in [4.78, 5) is 40.7. The highest BCUT2D eigenvalue weighted by molar-refractivity contribution is 5.81. The molecule has 0 radical (unpaired) electrons. The summed E-state index contributed by atoms with van der Waals surface area (Å²) in [6, 6.07) is 9.37. The van der Waals surface area contributed by atoms with Crippen LogP contribution in [0, 0.1) is 12.8 Å². The van der Waals surface area contributed by atoms with Crippen LogP contribution in [-0.2, 0) is 25.7 Å². The Balaban J connectivity index is -0.000000171. The number of aldehydes is 1. The van der Waals surface area contributed by atoms with Crippen molar-refractivity contribution in [3.63, 3.8) is 0 Å². The second-order valence-corrected chi connectivity index (χ2v) is 4.32. The lowest BCUT2D eigenvalue weighted by Crippen LogP contribution is -2.28. The molecule has 0 aliphatic carbocycles. The highest BCUT2D eigenvalue weighted by Crippen LogP contribution is 1.99. The summed E-state index contributed by atoms with van der Waals surface area (Å²) in [5.74, 6) is -1.40. The number of ether oxygens (including phenoxy) is 1. The molecule has 29 heavy (non-hydrogen) atoms. The first-order chi connectivity index (χ1) is 14.0. The van der Waals surface area contributed by atoms with Crippen LogP contribution in [0.5, 0.6) is 0 Å². The van der Waals surface area contributed by atoms with Crippen molar-refractivity contribution in [1.29, 1.82) is 0 Å². The highest BCUT2D eigenvalue weighted by atomic mass is 16.5. The monoisotopic (exact) mass is 410 g/mol. The fourth-order valence-electron chi connectivity index (χ4n) is 1.34. The number of hydrogen-bond acceptors (Lipinski definition) is 5. The Morgan fingerprint density at radius 1 is 1.10 bits per heavy atom. The van der Waals surface area contributed by atoms with E-state index in [9.17, 15) is 19.2 Å². The zero-order valence-electron chi connectivity index (χ0n) is 17.7. The highest BCUT2D eigenvalue weighted by Gasteiger charge is 2.02. The van der Waals surface area contributed by atoms with Crippen LogP contribution >= 0.6 is 0 Å². The normalized spacial score (nSPS) is 7.66. The van der Waals surface area contributed by atoms with Gasteiger partial charge < -0.3 is 25.7 Å². The van der Waals surface area contributed by atoms with Crippen molar-refractivity contribution in [2.75, 3.05) is 6.54 Å². The Morgan fingerprint density at radius 2 is 1.62 bits per heavy atom. The first-order valence-electron chi connectivity index (χ1n) is 9.17. The SMILES string of the molecule is C#C.CC.CC.NC(=O)OCc1ccccc1.O=CCCCC(=O)NCC(=O)O. The molecule has 0 spiro atoms. The number of carbonyl (C=O) groups excluding carboxylic acids is 3. The summed E-state index contributed by atoms with van der Waals surface area (Å²) in [6.45, 7) is 7.89. The molecule has 0 aliphatic heterocycles. The van der Waals surface area contributed by atoms with Crippen molar-refractivity contribution in [2.45, 2.75) is 53.6 Å². The molecule has 0 aromatic heterocycles. The number of carboxylic acids is 1. The number of rotatable bonds is 8. The molecule has 0 saturated heterocycles. The topological polar surface area (TPSA) is 136 Å². The largest absolute Gasteiger partial charge is 0.480 e. The maximum atomic E-state index is 10.7. The number of aliphatic carboxylic acids is 1. The predicted octanol–water partition coefficient (Wildman–Crippen LogP) is 3.14. The molecule has 0 saturated carbocycles. The van der Waals surface area contributed by atoms with Crippen molar-refractivity contribution in [1.82, 2.24) is 5.32 Å². The van der Waals surface area contributed by atoms with E-state index < -0.39 is 12.1 Å². The summed E-state index contributed by atoms with van der Waals surface area (Å²) in [5, 5.41) is 10.3. The fourth-order valence-corrected chi connectivity index (χ4v) is 1.34. The van der Waals surface area contributed by atoms with Crippen LogP contribution in [0.2, 0.25) is 0 Å². The van der Waals surface area contributed by atoms with Gasteiger partial charge in [-0.25, -0.2) is 4.79 Å². The van der Waals surface area contributed by atoms with Crippen LogP contribution in [0.3, 0.4) is 0 Å². The van der Waals surface area contributed by atoms with Gasteiger partial charge in [-0.05, 0) is 12.0 Å². The van der Waals surface area contributed by atoms with Crippen LogP contribution in [0.15, 0.2) is 30.3 Å². The molecule has 4 N–H and O–H groups in total. The van der Waals surface area contributed by atoms with Crippen molar-refractivity contribution < 1.29 is 29.0 Å². The molecule has 0 unspecified atom stereocenters. The van der Waals surface area contributed by atoms with E-state index in [1.165, 1.54) is 0 Å². The van der Waals surface area contributed by atoms with Crippen LogP contribution < -0.4 is 11.1 Å². The molecule has 0 atom stereocenters. The van der Waals surface area contributed by atoms with Crippen molar-refractivity contribution >= 4 is 24.3 Å². The number of carboxylic acid groups (broad SMARTS) is 1. The van der Waals surface area contributed by atoms with Gasteiger partial charge in [0, 0.05) is 12.8 Å². The predicted molar refractivity (Wildman–Crippen MR) is 114 cm³/mol. The molecule has 8 nitrogen and oxygen atoms in total. The quantitative estimate of drug-likeness (QED) is 0.342. The van der Waals surface area contributed by atoms with Crippen molar-refractivity contribution in [3.8, 4) is 12.8 Å². The summed E-state index contributed by atoms with van der Waals surface area (Å²) >= 11 is 0. The first kappa shape index (κ1) is 33.3. The molecule has 1 rings (SSSR count). The van der Waals surface area contributed by atoms with Gasteiger partial charge in [-0.2, -0.15) is 0 Å². The minimum atomic E-state index is -1.07. The molecule has 0 heterocycles. The van der Waals surface area contributed by atoms with Gasteiger partial charge in [-0.3, -0.25) is 9.59 Å². The number of nitrogens with two attached hydrogens (primary N) is 1. The molecule has 1 aromatic carbocycles. The van der Waals surface area contributed by atoms with E-state index in [4.69, 9.17) is 10.8 Å². The van der Waals surface area contributed by atoms with E-state index in [0.717, 1.165) is 11.8 Å². The van der Waals surface area contributed by atoms with Gasteiger partial charge in [-0.1, -0.05) is 58.0 Å². The smallest absolute Gasteiger partial charge is 0.404 e. The van der Waals surface area contributed by atoms with Crippen LogP contribution in [-0.4, -0.2) is 35.9 Å². The number of primary amides is 1. The van der Waals surface area contributed by atoms with Crippen molar-refractivity contribution in [2.24, 2.45) is 5.73 Å². The minimum Gasteiger partial charge on any atom is -0.480 e. The lowest BCUT2D eigenvalue weighted by molar-refractivity contribution is -0.138. The third kappa shape index (κ3) is 32.8. The third-order valence-corrected chi connectivity index (χ3v) is 2.39. The Morgan fingerprint density at radius 3 is 2.03 bits per heavy atom. The molecule has 0 bridgehead atoms. The van der Waals surface area contributed by atoms with Gasteiger partial charge in [0.25, 0.3) is 0 Å². The molecular formula is C21H34N2O6. The lowest BCUT2D eigenvalue weighted by Gasteiger charge is -1.99. The first-order valence-corrected chi connectivity index (χ1v) is 9.17. The van der Waals surface area contributed by atoms with Gasteiger partial charge in [0.1, 0.15) is 19.4 Å². The van der Waals surface area contributed by atoms with E-state index in [1.807, 2.05) is 58.0 Å². The van der Waals surface area contributed by atoms with Gasteiger partial charge in [0.15, 0.2) is 0 Å². The fraction of sp³-hybridized carbons (Fsp3) is 0.429. The number of carbonyl (C=O) groups is 4. The Bertz CT molecular complexity index is 545. The van der Waals surface area contributed by atoms with Crippen molar-refractivity contribution in [3.05, 3.63) is 35.9 Å². The Hall–Kier alpha value is -3.34. The number of unbranched alkanes of at least 4 members (excludes halogenated alkanes) is 1. The zero-order chi connectivity index (χ0) is 23.5. The van der Waals surface area contributed by atoms with E-state index in [1.54, 1.807) is 0 Å². The van der Waals surface area contributed by atoms with Crippen LogP contribution in [0.1, 0.15) is 52.5 Å². The average molecular weight is 411 g/mol. The molecule has 0 aliphatic rings. The van der Waals surface area contributed by atoms with E-state index in [0.29, 0.717) is 12.8 Å². The summed E-state index contributed by atoms with van der Waals surface area (Å²) in [6.07, 6.45) is 8.99. The number of hydrogen-bond donors (Lipinski definition) is 3. The number of benzene rings is 1. The summed E-state index contributed by atoms with van der Waals surface area (Å²) in [5.41, 5.74) is 5.72. The van der Waals surface area contributed by atoms with E-state index in [2.05, 4.69) is 22.9 Å². The molecule has 1 aromatic rings. The molecule has 8 heteroatoms. The van der Waals surface area contributed by atoms with E-state index >= 15 is 0 Å². The van der Waals surface area contributed by atoms with Gasteiger partial charge in [0.2, 0.25) is 5.91 Å². The Kier molecular flexibility index (Phi) is 33.7. The molecule has 2 amide bonds. The second kappa shape index (κ2) is 29.4. The maximum absolute atomic E-state index is 10.7. The van der Waals surface area contributed by atoms with Crippen LogP contribution in [0.4, 0.5) is 4.79 Å². The third-order valence-electron chi connectivity index (χ3n) is 2.39. The van der Waals surface area contributed by atoms with Gasteiger partial charge >= 0.3 is 12.1 Å². The molecule has 164 valence electrons. The minimum absolute atomic E-state index is 0.200. The summed E-state index contributed by atoms with van der Waals surface area (Å²) in [7, 11) is 0. The zero-order valence-corrected chi connectivity index (χ0v) is 17.7. The number of terminal acetylenes is 1. The maximum Gasteiger partial charge on any atom is 0.404 e. The van der Waals surface area contributed by atoms with E-state index in [-0.39, 0.29) is 25.5 Å². The number of nitrogens with one attached hydrogen (secondary N) is 1. The van der Waals surface area contributed by atoms with Gasteiger partial charge in [-0.15, -0.1) is 12.8 Å². The lowest BCUT2D eigenvalue weighted by atomic mass is 10.2. The molecular weight excluding hydrogens is 376 g/mol. The average Bonchev–Trinajstić information content (AvgIpc) is 2.76. The molecule has 0 fully saturated rings. The van der Waals surface area contributed by atoms with Gasteiger partial charge in [0.05, 0.1) is 0 Å². The van der Waals surface area contributed by atoms with Crippen LogP contribution in [0.25, 0.3) is 0 Å². The Labute approximate surface area is 173 Å². The summed E-state index contributed by atoms with van der Waals surface area (Å²) < 4.78 is 4.57. The second-order valence-electron chi connectivity index (χ2n) is 4.32. The standard InChI is InChI=1S/C8H9NO2.C7H11NO4.2C2H6.C2H2/c9-8(10)11-6-7-4-2-1-3-5-7;9-4-2-1-3-6(10)8-5-7(11)12;3*1-2/h1-5H,6H2,(H2,9,10);4H,1-3,5H2,(H,8,10)(H,11,12);2*1-2H3;1-2H.